The monoisotopic (exact) mass is 261 g/mol. The molecule has 2 aromatic rings. The second-order valence-electron chi connectivity index (χ2n) is 5.03. The van der Waals surface area contributed by atoms with E-state index in [-0.39, 0.29) is 5.82 Å². The van der Waals surface area contributed by atoms with Crippen LogP contribution in [0.3, 0.4) is 0 Å². The predicted molar refractivity (Wildman–Crippen MR) is 74.4 cm³/mol. The maximum Gasteiger partial charge on any atom is 0.123 e. The number of nitrogens with one attached hydrogen (secondary N) is 1. The first kappa shape index (κ1) is 13.7. The molecule has 3 nitrogen and oxygen atoms in total. The van der Waals surface area contributed by atoms with Gasteiger partial charge >= 0.3 is 0 Å². The van der Waals surface area contributed by atoms with Crippen LogP contribution < -0.4 is 5.32 Å². The summed E-state index contributed by atoms with van der Waals surface area (Å²) in [6, 6.07) is 7.02. The molecule has 19 heavy (non-hydrogen) atoms. The summed E-state index contributed by atoms with van der Waals surface area (Å²) in [6.07, 6.45) is 2.92. The normalized spacial score (nSPS) is 12.6. The number of benzene rings is 1. The van der Waals surface area contributed by atoms with Crippen molar-refractivity contribution < 1.29 is 4.39 Å². The minimum atomic E-state index is -0.185. The Morgan fingerprint density at radius 2 is 2.00 bits per heavy atom. The molecule has 0 aliphatic carbocycles. The lowest BCUT2D eigenvalue weighted by Gasteiger charge is -2.13. The lowest BCUT2D eigenvalue weighted by Crippen LogP contribution is -2.27. The third-order valence-electron chi connectivity index (χ3n) is 3.21. The standard InChI is InChI=1S/C15H20FN3/c1-11(8-13-4-6-15(16)7-5-13)17-9-14-10-19(3)18-12(14)2/h4-7,10-11,17H,8-9H2,1-3H3. The van der Waals surface area contributed by atoms with Crippen LogP contribution in [0, 0.1) is 12.7 Å². The van der Waals surface area contributed by atoms with Gasteiger partial charge in [0.15, 0.2) is 0 Å². The van der Waals surface area contributed by atoms with Crippen LogP contribution in [0.5, 0.6) is 0 Å². The first-order valence-electron chi connectivity index (χ1n) is 6.51. The summed E-state index contributed by atoms with van der Waals surface area (Å²) in [7, 11) is 1.93. The fourth-order valence-electron chi connectivity index (χ4n) is 2.15. The van der Waals surface area contributed by atoms with Crippen LogP contribution in [0.1, 0.15) is 23.7 Å². The summed E-state index contributed by atoms with van der Waals surface area (Å²) >= 11 is 0. The Labute approximate surface area is 113 Å². The van der Waals surface area contributed by atoms with Crippen LogP contribution in [0.25, 0.3) is 0 Å². The van der Waals surface area contributed by atoms with Crippen LogP contribution in [0.2, 0.25) is 0 Å². The topological polar surface area (TPSA) is 29.9 Å². The molecule has 0 radical (unpaired) electrons. The minimum Gasteiger partial charge on any atom is -0.310 e. The van der Waals surface area contributed by atoms with E-state index in [0.717, 1.165) is 24.2 Å². The van der Waals surface area contributed by atoms with Crippen LogP contribution >= 0.6 is 0 Å². The van der Waals surface area contributed by atoms with Gasteiger partial charge < -0.3 is 5.32 Å². The van der Waals surface area contributed by atoms with Crippen LogP contribution in [0.15, 0.2) is 30.5 Å². The molecule has 4 heteroatoms. The van der Waals surface area contributed by atoms with Gasteiger partial charge in [0.05, 0.1) is 5.69 Å². The zero-order valence-corrected chi connectivity index (χ0v) is 11.7. The maximum absolute atomic E-state index is 12.8. The second kappa shape index (κ2) is 5.97. The summed E-state index contributed by atoms with van der Waals surface area (Å²) in [4.78, 5) is 0. The number of rotatable bonds is 5. The average Bonchev–Trinajstić information content (AvgIpc) is 2.68. The van der Waals surface area contributed by atoms with Gasteiger partial charge in [-0.05, 0) is 38.0 Å². The van der Waals surface area contributed by atoms with E-state index in [1.807, 2.05) is 37.0 Å². The van der Waals surface area contributed by atoms with Crippen molar-refractivity contribution >= 4 is 0 Å². The van der Waals surface area contributed by atoms with E-state index in [4.69, 9.17) is 0 Å². The van der Waals surface area contributed by atoms with E-state index in [2.05, 4.69) is 17.3 Å². The fourth-order valence-corrected chi connectivity index (χ4v) is 2.15. The molecular formula is C15H20FN3. The van der Waals surface area contributed by atoms with E-state index in [1.54, 1.807) is 0 Å². The molecule has 1 N–H and O–H groups in total. The zero-order valence-electron chi connectivity index (χ0n) is 11.7. The molecule has 0 aliphatic heterocycles. The highest BCUT2D eigenvalue weighted by atomic mass is 19.1. The van der Waals surface area contributed by atoms with Crippen LogP contribution in [-0.2, 0) is 20.0 Å². The van der Waals surface area contributed by atoms with E-state index in [1.165, 1.54) is 17.7 Å². The van der Waals surface area contributed by atoms with E-state index in [0.29, 0.717) is 6.04 Å². The Kier molecular flexibility index (Phi) is 4.32. The first-order chi connectivity index (χ1) is 9.04. The molecule has 0 saturated carbocycles. The molecule has 1 unspecified atom stereocenters. The largest absolute Gasteiger partial charge is 0.310 e. The summed E-state index contributed by atoms with van der Waals surface area (Å²) in [5.41, 5.74) is 3.42. The summed E-state index contributed by atoms with van der Waals surface area (Å²) in [5, 5.41) is 7.79. The third-order valence-corrected chi connectivity index (χ3v) is 3.21. The molecule has 102 valence electrons. The van der Waals surface area contributed by atoms with Gasteiger partial charge in [-0.15, -0.1) is 0 Å². The Hall–Kier alpha value is -1.68. The lowest BCUT2D eigenvalue weighted by atomic mass is 10.1. The zero-order chi connectivity index (χ0) is 13.8. The van der Waals surface area contributed by atoms with Crippen molar-refractivity contribution in [3.05, 3.63) is 53.1 Å². The van der Waals surface area contributed by atoms with Crippen molar-refractivity contribution in [1.82, 2.24) is 15.1 Å². The molecule has 0 spiro atoms. The molecule has 0 bridgehead atoms. The summed E-state index contributed by atoms with van der Waals surface area (Å²) < 4.78 is 14.6. The predicted octanol–water partition coefficient (Wildman–Crippen LogP) is 2.59. The number of halogens is 1. The van der Waals surface area contributed by atoms with Gasteiger partial charge in [0.1, 0.15) is 5.82 Å². The SMILES string of the molecule is Cc1nn(C)cc1CNC(C)Cc1ccc(F)cc1. The van der Waals surface area contributed by atoms with Crippen molar-refractivity contribution in [3.8, 4) is 0 Å². The van der Waals surface area contributed by atoms with Gasteiger partial charge in [-0.1, -0.05) is 12.1 Å². The van der Waals surface area contributed by atoms with Gasteiger partial charge in [-0.2, -0.15) is 5.10 Å². The molecule has 2 rings (SSSR count). The maximum atomic E-state index is 12.8. The van der Waals surface area contributed by atoms with Gasteiger partial charge in [-0.25, -0.2) is 4.39 Å². The van der Waals surface area contributed by atoms with Gasteiger partial charge in [0.25, 0.3) is 0 Å². The van der Waals surface area contributed by atoms with Gasteiger partial charge in [0, 0.05) is 31.4 Å². The van der Waals surface area contributed by atoms with Crippen molar-refractivity contribution in [2.45, 2.75) is 32.9 Å². The molecule has 1 atom stereocenters. The molecule has 0 fully saturated rings. The number of hydrogen-bond acceptors (Lipinski definition) is 2. The highest BCUT2D eigenvalue weighted by Gasteiger charge is 2.06. The Bertz CT molecular complexity index is 531. The number of hydrogen-bond donors (Lipinski definition) is 1. The summed E-state index contributed by atoms with van der Waals surface area (Å²) in [6.45, 7) is 4.96. The van der Waals surface area contributed by atoms with E-state index in [9.17, 15) is 4.39 Å². The Morgan fingerprint density at radius 3 is 2.58 bits per heavy atom. The highest BCUT2D eigenvalue weighted by Crippen LogP contribution is 2.08. The van der Waals surface area contributed by atoms with Crippen LogP contribution in [0.4, 0.5) is 4.39 Å². The van der Waals surface area contributed by atoms with Crippen molar-refractivity contribution in [2.75, 3.05) is 0 Å². The number of aromatic nitrogens is 2. The van der Waals surface area contributed by atoms with Gasteiger partial charge in [0.2, 0.25) is 0 Å². The number of aryl methyl sites for hydroxylation is 2. The molecule has 0 amide bonds. The van der Waals surface area contributed by atoms with Crippen LogP contribution in [-0.4, -0.2) is 15.8 Å². The summed E-state index contributed by atoms with van der Waals surface area (Å²) in [5.74, 6) is -0.185. The third kappa shape index (κ3) is 3.89. The fraction of sp³-hybridized carbons (Fsp3) is 0.400. The van der Waals surface area contributed by atoms with Crippen molar-refractivity contribution in [1.29, 1.82) is 0 Å². The average molecular weight is 261 g/mol. The van der Waals surface area contributed by atoms with E-state index >= 15 is 0 Å². The molecular weight excluding hydrogens is 241 g/mol. The highest BCUT2D eigenvalue weighted by molar-refractivity contribution is 5.18. The molecule has 0 aliphatic rings. The smallest absolute Gasteiger partial charge is 0.123 e. The first-order valence-corrected chi connectivity index (χ1v) is 6.51. The lowest BCUT2D eigenvalue weighted by molar-refractivity contribution is 0.543. The molecule has 0 saturated heterocycles. The minimum absolute atomic E-state index is 0.185. The number of nitrogens with zero attached hydrogens (tertiary/aromatic N) is 2. The quantitative estimate of drug-likeness (QED) is 0.896. The van der Waals surface area contributed by atoms with Gasteiger partial charge in [-0.3, -0.25) is 4.68 Å². The Balaban J connectivity index is 1.86. The Morgan fingerprint density at radius 1 is 1.32 bits per heavy atom. The van der Waals surface area contributed by atoms with E-state index < -0.39 is 0 Å². The van der Waals surface area contributed by atoms with Crippen molar-refractivity contribution in [2.24, 2.45) is 7.05 Å². The second-order valence-corrected chi connectivity index (χ2v) is 5.03. The molecule has 1 heterocycles. The molecule has 1 aromatic carbocycles. The molecule has 1 aromatic heterocycles. The van der Waals surface area contributed by atoms with Crippen molar-refractivity contribution in [3.63, 3.8) is 0 Å².